The molecule has 1 aromatic heterocycles. The van der Waals surface area contributed by atoms with E-state index in [1.165, 1.54) is 0 Å². The van der Waals surface area contributed by atoms with Crippen LogP contribution in [0.1, 0.15) is 18.2 Å². The first-order valence-electron chi connectivity index (χ1n) is 6.96. The number of aromatic nitrogens is 1. The van der Waals surface area contributed by atoms with Crippen LogP contribution in [0.3, 0.4) is 0 Å². The Hall–Kier alpha value is -2.37. The second-order valence-electron chi connectivity index (χ2n) is 4.60. The van der Waals surface area contributed by atoms with E-state index in [1.54, 1.807) is 31.3 Å². The smallest absolute Gasteiger partial charge is 0.387 e. The van der Waals surface area contributed by atoms with Crippen molar-refractivity contribution in [2.45, 2.75) is 27.0 Å². The number of halogens is 2. The number of anilines is 1. The summed E-state index contributed by atoms with van der Waals surface area (Å²) < 4.78 is 35.2. The monoisotopic (exact) mass is 308 g/mol. The Labute approximate surface area is 128 Å². The summed E-state index contributed by atoms with van der Waals surface area (Å²) in [6.45, 7) is 1.48. The summed E-state index contributed by atoms with van der Waals surface area (Å²) in [7, 11) is 0. The third kappa shape index (κ3) is 4.31. The molecule has 1 heterocycles. The Bertz CT molecular complexity index is 621. The van der Waals surface area contributed by atoms with Gasteiger partial charge in [0.1, 0.15) is 0 Å². The second-order valence-corrected chi connectivity index (χ2v) is 4.60. The van der Waals surface area contributed by atoms with Crippen LogP contribution in [0.5, 0.6) is 11.5 Å². The number of nitrogens with one attached hydrogen (secondary N) is 1. The van der Waals surface area contributed by atoms with Crippen molar-refractivity contribution in [2.24, 2.45) is 0 Å². The highest BCUT2D eigenvalue weighted by atomic mass is 19.3. The van der Waals surface area contributed by atoms with Crippen molar-refractivity contribution in [1.82, 2.24) is 4.98 Å². The van der Waals surface area contributed by atoms with E-state index in [4.69, 9.17) is 4.74 Å². The molecule has 2 aromatic rings. The number of pyridine rings is 1. The van der Waals surface area contributed by atoms with Crippen molar-refractivity contribution in [2.75, 3.05) is 11.9 Å². The molecule has 1 N–H and O–H groups in total. The van der Waals surface area contributed by atoms with Gasteiger partial charge in [-0.05, 0) is 32.0 Å². The summed E-state index contributed by atoms with van der Waals surface area (Å²) in [5.41, 5.74) is 2.33. The molecule has 0 saturated heterocycles. The molecule has 22 heavy (non-hydrogen) atoms. The van der Waals surface area contributed by atoms with Crippen LogP contribution in [0.15, 0.2) is 36.5 Å². The predicted molar refractivity (Wildman–Crippen MR) is 80.5 cm³/mol. The molecule has 0 atom stereocenters. The molecule has 2 rings (SSSR count). The Morgan fingerprint density at radius 2 is 2.09 bits per heavy atom. The number of rotatable bonds is 7. The van der Waals surface area contributed by atoms with Crippen molar-refractivity contribution in [3.8, 4) is 11.5 Å². The molecular weight excluding hydrogens is 290 g/mol. The highest BCUT2D eigenvalue weighted by Gasteiger charge is 2.15. The van der Waals surface area contributed by atoms with Gasteiger partial charge in [-0.1, -0.05) is 12.1 Å². The topological polar surface area (TPSA) is 43.4 Å². The highest BCUT2D eigenvalue weighted by Crippen LogP contribution is 2.33. The lowest BCUT2D eigenvalue weighted by molar-refractivity contribution is -0.0520. The van der Waals surface area contributed by atoms with Gasteiger partial charge in [-0.3, -0.25) is 4.98 Å². The maximum atomic E-state index is 12.6. The lowest BCUT2D eigenvalue weighted by atomic mass is 10.1. The third-order valence-electron chi connectivity index (χ3n) is 2.95. The maximum Gasteiger partial charge on any atom is 0.387 e. The first-order chi connectivity index (χ1) is 10.6. The van der Waals surface area contributed by atoms with E-state index in [-0.39, 0.29) is 5.75 Å². The van der Waals surface area contributed by atoms with Crippen LogP contribution < -0.4 is 14.8 Å². The number of benzene rings is 1. The van der Waals surface area contributed by atoms with E-state index >= 15 is 0 Å². The summed E-state index contributed by atoms with van der Waals surface area (Å²) in [5.74, 6) is 0.380. The fraction of sp³-hybridized carbons (Fsp3) is 0.312. The molecule has 0 aliphatic heterocycles. The fourth-order valence-corrected chi connectivity index (χ4v) is 2.05. The van der Waals surface area contributed by atoms with Gasteiger partial charge in [0.2, 0.25) is 0 Å². The zero-order valence-corrected chi connectivity index (χ0v) is 12.5. The molecule has 0 fully saturated rings. The minimum Gasteiger partial charge on any atom is -0.490 e. The standard InChI is InChI=1S/C16H18F2N2O2/c1-3-21-14-6-4-5-12(15(14)22-16(17)18)10-20-13-7-8-19-11(2)9-13/h4-9,16H,3,10H2,1-2H3,(H,19,20). The second kappa shape index (κ2) is 7.59. The van der Waals surface area contributed by atoms with Crippen LogP contribution in [0.4, 0.5) is 14.5 Å². The molecule has 0 aliphatic carbocycles. The van der Waals surface area contributed by atoms with E-state index in [1.807, 2.05) is 19.1 Å². The Balaban J connectivity index is 2.19. The van der Waals surface area contributed by atoms with Gasteiger partial charge < -0.3 is 14.8 Å². The molecule has 0 aliphatic rings. The molecule has 0 amide bonds. The first-order valence-corrected chi connectivity index (χ1v) is 6.96. The number of hydrogen-bond donors (Lipinski definition) is 1. The van der Waals surface area contributed by atoms with Gasteiger partial charge in [-0.2, -0.15) is 8.78 Å². The molecule has 4 nitrogen and oxygen atoms in total. The van der Waals surface area contributed by atoms with E-state index in [9.17, 15) is 8.78 Å². The Morgan fingerprint density at radius 3 is 2.77 bits per heavy atom. The first kappa shape index (κ1) is 16.0. The fourth-order valence-electron chi connectivity index (χ4n) is 2.05. The maximum absolute atomic E-state index is 12.6. The molecule has 6 heteroatoms. The molecule has 0 spiro atoms. The summed E-state index contributed by atoms with van der Waals surface area (Å²) in [6, 6.07) is 8.77. The van der Waals surface area contributed by atoms with Crippen molar-refractivity contribution < 1.29 is 18.3 Å². The van der Waals surface area contributed by atoms with Gasteiger partial charge in [-0.15, -0.1) is 0 Å². The normalized spacial score (nSPS) is 10.6. The molecule has 0 radical (unpaired) electrons. The molecular formula is C16H18F2N2O2. The lowest BCUT2D eigenvalue weighted by Gasteiger charge is -2.16. The SMILES string of the molecule is CCOc1cccc(CNc2ccnc(C)c2)c1OC(F)F. The number of hydrogen-bond acceptors (Lipinski definition) is 4. The van der Waals surface area contributed by atoms with Crippen LogP contribution in [0.25, 0.3) is 0 Å². The highest BCUT2D eigenvalue weighted by molar-refractivity contribution is 5.50. The van der Waals surface area contributed by atoms with Crippen molar-refractivity contribution >= 4 is 5.69 Å². The lowest BCUT2D eigenvalue weighted by Crippen LogP contribution is -2.09. The van der Waals surface area contributed by atoms with E-state index in [0.717, 1.165) is 11.4 Å². The molecule has 1 aromatic carbocycles. The van der Waals surface area contributed by atoms with Crippen LogP contribution in [0.2, 0.25) is 0 Å². The Kier molecular flexibility index (Phi) is 5.52. The van der Waals surface area contributed by atoms with E-state index in [0.29, 0.717) is 24.5 Å². The van der Waals surface area contributed by atoms with Crippen molar-refractivity contribution in [1.29, 1.82) is 0 Å². The van der Waals surface area contributed by atoms with Gasteiger partial charge >= 0.3 is 6.61 Å². The van der Waals surface area contributed by atoms with Gasteiger partial charge in [0.15, 0.2) is 11.5 Å². The molecule has 0 bridgehead atoms. The number of para-hydroxylation sites is 1. The number of alkyl halides is 2. The van der Waals surface area contributed by atoms with Crippen molar-refractivity contribution in [3.63, 3.8) is 0 Å². The largest absolute Gasteiger partial charge is 0.490 e. The van der Waals surface area contributed by atoms with Crippen LogP contribution >= 0.6 is 0 Å². The molecule has 0 saturated carbocycles. The van der Waals surface area contributed by atoms with Gasteiger partial charge in [0, 0.05) is 29.7 Å². The van der Waals surface area contributed by atoms with Gasteiger partial charge in [-0.25, -0.2) is 0 Å². The van der Waals surface area contributed by atoms with E-state index < -0.39 is 6.61 Å². The minimum atomic E-state index is -2.90. The zero-order valence-electron chi connectivity index (χ0n) is 12.5. The van der Waals surface area contributed by atoms with Gasteiger partial charge in [0.05, 0.1) is 6.61 Å². The number of nitrogens with zero attached hydrogens (tertiary/aromatic N) is 1. The summed E-state index contributed by atoms with van der Waals surface area (Å²) >= 11 is 0. The summed E-state index contributed by atoms with van der Waals surface area (Å²) in [6.07, 6.45) is 1.69. The number of ether oxygens (including phenoxy) is 2. The quantitative estimate of drug-likeness (QED) is 0.839. The van der Waals surface area contributed by atoms with Crippen molar-refractivity contribution in [3.05, 3.63) is 47.8 Å². The molecule has 0 unspecified atom stereocenters. The van der Waals surface area contributed by atoms with Gasteiger partial charge in [0.25, 0.3) is 0 Å². The van der Waals surface area contributed by atoms with Crippen LogP contribution in [-0.4, -0.2) is 18.2 Å². The summed E-state index contributed by atoms with van der Waals surface area (Å²) in [5, 5.41) is 3.16. The average molecular weight is 308 g/mol. The predicted octanol–water partition coefficient (Wildman–Crippen LogP) is 4.00. The van der Waals surface area contributed by atoms with E-state index in [2.05, 4.69) is 15.0 Å². The molecule has 118 valence electrons. The third-order valence-corrected chi connectivity index (χ3v) is 2.95. The average Bonchev–Trinajstić information content (AvgIpc) is 2.47. The van der Waals surface area contributed by atoms with Crippen LogP contribution in [0, 0.1) is 6.92 Å². The zero-order chi connectivity index (χ0) is 15.9. The van der Waals surface area contributed by atoms with Crippen LogP contribution in [-0.2, 0) is 6.54 Å². The number of aryl methyl sites for hydroxylation is 1. The minimum absolute atomic E-state index is 0.0672. The summed E-state index contributed by atoms with van der Waals surface area (Å²) in [4.78, 5) is 4.11. The Morgan fingerprint density at radius 1 is 1.27 bits per heavy atom.